The molecule has 0 saturated heterocycles. The van der Waals surface area contributed by atoms with Crippen LogP contribution in [0.4, 0.5) is 22.0 Å². The standard InChI is InChI=1S/C54H92F5N9O18/c55-47-48(56)50(58)52(51(59)49(47)57)86-46(73)12-23-79-31-36-84-38-39-85-37-35-83-27-19-66-53(74)40(6-1-3-16-63-42(69)9-20-76-28-32-80-24-13-60)68-54(75)41(7-2-4-17-64-43(70)10-21-77-29-33-81-25-14-61)67-45(72)8-5-18-65-44(71)11-22-78-30-34-82-26-15-62/h40-41H,1-39,60-62H2,(H,63,69)(H,64,70)(H,65,71)(H,66,74)(H,67,72)(H,68,75)/t40-,41?/m0/s1. The molecule has 0 aliphatic heterocycles. The zero-order valence-electron chi connectivity index (χ0n) is 49.2. The first-order valence-corrected chi connectivity index (χ1v) is 28.9. The molecule has 32 heteroatoms. The summed E-state index contributed by atoms with van der Waals surface area (Å²) in [4.78, 5) is 89.9. The molecule has 6 amide bonds. The van der Waals surface area contributed by atoms with Crippen LogP contribution in [0.15, 0.2) is 0 Å². The highest BCUT2D eigenvalue weighted by atomic mass is 19.2. The Morgan fingerprint density at radius 3 is 1.07 bits per heavy atom. The molecule has 12 N–H and O–H groups in total. The summed E-state index contributed by atoms with van der Waals surface area (Å²) >= 11 is 0. The molecule has 1 aromatic carbocycles. The van der Waals surface area contributed by atoms with Gasteiger partial charge in [-0.05, 0) is 44.9 Å². The van der Waals surface area contributed by atoms with Crippen molar-refractivity contribution >= 4 is 41.4 Å². The number of ether oxygens (including phenoxy) is 11. The van der Waals surface area contributed by atoms with Crippen LogP contribution in [-0.2, 0) is 80.9 Å². The van der Waals surface area contributed by atoms with Crippen LogP contribution in [0.3, 0.4) is 0 Å². The smallest absolute Gasteiger partial charge is 0.313 e. The molecular weight excluding hydrogens is 1160 g/mol. The number of carbonyl (C=O) groups is 7. The van der Waals surface area contributed by atoms with Crippen molar-refractivity contribution < 1.29 is 108 Å². The van der Waals surface area contributed by atoms with Gasteiger partial charge in [-0.3, -0.25) is 33.6 Å². The molecule has 0 aliphatic rings. The lowest BCUT2D eigenvalue weighted by Gasteiger charge is -2.23. The molecule has 1 aromatic rings. The highest BCUT2D eigenvalue weighted by molar-refractivity contribution is 5.92. The van der Waals surface area contributed by atoms with Crippen LogP contribution < -0.4 is 53.8 Å². The zero-order chi connectivity index (χ0) is 63.3. The van der Waals surface area contributed by atoms with E-state index < -0.39 is 77.0 Å². The normalized spacial score (nSPS) is 11.9. The Balaban J connectivity index is 2.75. The molecule has 1 unspecified atom stereocenters. The minimum atomic E-state index is -2.39. The van der Waals surface area contributed by atoms with Crippen LogP contribution in [-0.4, -0.2) is 231 Å². The summed E-state index contributed by atoms with van der Waals surface area (Å²) in [5, 5.41) is 16.7. The van der Waals surface area contributed by atoms with Crippen LogP contribution in [0.25, 0.3) is 0 Å². The number of benzene rings is 1. The van der Waals surface area contributed by atoms with Gasteiger partial charge < -0.3 is 101 Å². The molecule has 0 bridgehead atoms. The number of carbonyl (C=O) groups excluding carboxylic acids is 7. The third-order valence-electron chi connectivity index (χ3n) is 11.5. The molecule has 0 spiro atoms. The molecule has 27 nitrogen and oxygen atoms in total. The topological polar surface area (TPSA) is 371 Å². The summed E-state index contributed by atoms with van der Waals surface area (Å²) < 4.78 is 125. The van der Waals surface area contributed by atoms with Crippen molar-refractivity contribution in [2.75, 3.05) is 178 Å². The highest BCUT2D eigenvalue weighted by Crippen LogP contribution is 2.29. The summed E-state index contributed by atoms with van der Waals surface area (Å²) in [5.74, 6) is -16.8. The third kappa shape index (κ3) is 41.7. The quantitative estimate of drug-likeness (QED) is 0.00986. The second-order valence-electron chi connectivity index (χ2n) is 18.5. The Kier molecular flexibility index (Phi) is 49.2. The van der Waals surface area contributed by atoms with Crippen LogP contribution in [0.1, 0.15) is 77.0 Å². The van der Waals surface area contributed by atoms with E-state index in [-0.39, 0.29) is 162 Å². The third-order valence-corrected chi connectivity index (χ3v) is 11.5. The fraction of sp³-hybridized carbons (Fsp3) is 0.759. The summed E-state index contributed by atoms with van der Waals surface area (Å²) in [6.07, 6.45) is 2.07. The van der Waals surface area contributed by atoms with Gasteiger partial charge in [0.2, 0.25) is 70.3 Å². The van der Waals surface area contributed by atoms with Gasteiger partial charge in [0.15, 0.2) is 0 Å². The van der Waals surface area contributed by atoms with E-state index in [4.69, 9.17) is 64.6 Å². The van der Waals surface area contributed by atoms with E-state index >= 15 is 0 Å². The molecule has 496 valence electrons. The number of hydrogen-bond donors (Lipinski definition) is 9. The van der Waals surface area contributed by atoms with Gasteiger partial charge in [-0.1, -0.05) is 0 Å². The lowest BCUT2D eigenvalue weighted by molar-refractivity contribution is -0.136. The number of esters is 1. The van der Waals surface area contributed by atoms with E-state index in [0.29, 0.717) is 105 Å². The average Bonchev–Trinajstić information content (AvgIpc) is 3.58. The number of nitrogens with one attached hydrogen (secondary N) is 6. The summed E-state index contributed by atoms with van der Waals surface area (Å²) in [5.41, 5.74) is 16.2. The predicted octanol–water partition coefficient (Wildman–Crippen LogP) is -0.555. The van der Waals surface area contributed by atoms with Gasteiger partial charge in [-0.15, -0.1) is 0 Å². The highest BCUT2D eigenvalue weighted by Gasteiger charge is 2.29. The van der Waals surface area contributed by atoms with E-state index in [1.165, 1.54) is 0 Å². The van der Waals surface area contributed by atoms with Gasteiger partial charge in [0.25, 0.3) is 0 Å². The van der Waals surface area contributed by atoms with Crippen molar-refractivity contribution in [1.29, 1.82) is 0 Å². The first-order chi connectivity index (χ1) is 41.7. The van der Waals surface area contributed by atoms with Gasteiger partial charge >= 0.3 is 5.97 Å². The maximum Gasteiger partial charge on any atom is 0.313 e. The Morgan fingerprint density at radius 1 is 0.326 bits per heavy atom. The van der Waals surface area contributed by atoms with E-state index in [2.05, 4.69) is 36.6 Å². The van der Waals surface area contributed by atoms with Crippen molar-refractivity contribution in [1.82, 2.24) is 31.9 Å². The van der Waals surface area contributed by atoms with Gasteiger partial charge in [0.1, 0.15) is 12.1 Å². The van der Waals surface area contributed by atoms with Crippen molar-refractivity contribution in [3.05, 3.63) is 29.1 Å². The van der Waals surface area contributed by atoms with Gasteiger partial charge in [0.05, 0.1) is 139 Å². The summed E-state index contributed by atoms with van der Waals surface area (Å²) in [6, 6.07) is -2.14. The maximum absolute atomic E-state index is 14.0. The number of unbranched alkanes of at least 4 members (excludes halogenated alkanes) is 2. The van der Waals surface area contributed by atoms with Crippen LogP contribution in [0, 0.1) is 29.1 Å². The van der Waals surface area contributed by atoms with E-state index in [1.54, 1.807) is 0 Å². The van der Waals surface area contributed by atoms with Crippen molar-refractivity contribution in [2.45, 2.75) is 89.1 Å². The second kappa shape index (κ2) is 53.8. The average molecular weight is 1250 g/mol. The monoisotopic (exact) mass is 1250 g/mol. The van der Waals surface area contributed by atoms with Crippen molar-refractivity contribution in [2.24, 2.45) is 17.2 Å². The Hall–Kier alpha value is -5.36. The number of amides is 6. The lowest BCUT2D eigenvalue weighted by atomic mass is 10.0. The molecule has 2 atom stereocenters. The first-order valence-electron chi connectivity index (χ1n) is 28.9. The van der Waals surface area contributed by atoms with Gasteiger partial charge in [-0.25, -0.2) is 13.2 Å². The fourth-order valence-electron chi connectivity index (χ4n) is 7.06. The largest absolute Gasteiger partial charge is 0.420 e. The molecule has 0 fully saturated rings. The van der Waals surface area contributed by atoms with E-state index in [1.807, 2.05) is 0 Å². The molecule has 0 radical (unpaired) electrons. The van der Waals surface area contributed by atoms with Crippen molar-refractivity contribution in [3.63, 3.8) is 0 Å². The van der Waals surface area contributed by atoms with E-state index in [0.717, 1.165) is 0 Å². The number of nitrogens with two attached hydrogens (primary N) is 3. The molecule has 0 heterocycles. The Morgan fingerprint density at radius 2 is 0.663 bits per heavy atom. The molecular formula is C54H92F5N9O18. The first kappa shape index (κ1) is 78.7. The molecule has 0 aliphatic carbocycles. The fourth-order valence-corrected chi connectivity index (χ4v) is 7.06. The predicted molar refractivity (Wildman–Crippen MR) is 299 cm³/mol. The molecule has 86 heavy (non-hydrogen) atoms. The summed E-state index contributed by atoms with van der Waals surface area (Å²) in [6.45, 7) is 6.19. The number of halogens is 5. The van der Waals surface area contributed by atoms with Gasteiger partial charge in [0, 0.05) is 71.5 Å². The summed E-state index contributed by atoms with van der Waals surface area (Å²) in [7, 11) is 0. The van der Waals surface area contributed by atoms with Crippen LogP contribution in [0.5, 0.6) is 5.75 Å². The SMILES string of the molecule is NCCOCCOCCC(=O)NCCCCC(NC(=O)CCCNC(=O)CCOCCOCCN)C(=O)N[C@@H](CCCCNC(=O)CCOCCOCCN)C(=O)NCCOCCOCCOCCOCCC(=O)Oc1c(F)c(F)c(F)c(F)c1F. The maximum atomic E-state index is 14.0. The zero-order valence-corrected chi connectivity index (χ0v) is 49.2. The number of hydrogen-bond acceptors (Lipinski definition) is 21. The lowest BCUT2D eigenvalue weighted by Crippen LogP contribution is -2.54. The van der Waals surface area contributed by atoms with Crippen LogP contribution >= 0.6 is 0 Å². The van der Waals surface area contributed by atoms with Gasteiger partial charge in [-0.2, -0.15) is 8.78 Å². The Bertz CT molecular complexity index is 2000. The Labute approximate surface area is 498 Å². The second-order valence-corrected chi connectivity index (χ2v) is 18.5. The number of rotatable bonds is 58. The van der Waals surface area contributed by atoms with E-state index in [9.17, 15) is 55.5 Å². The minimum Gasteiger partial charge on any atom is -0.420 e. The molecule has 0 saturated carbocycles. The minimum absolute atomic E-state index is 0.0154. The van der Waals surface area contributed by atoms with Crippen LogP contribution in [0.2, 0.25) is 0 Å². The molecule has 0 aromatic heterocycles. The van der Waals surface area contributed by atoms with Crippen molar-refractivity contribution in [3.8, 4) is 5.75 Å². The molecule has 1 rings (SSSR count).